The summed E-state index contributed by atoms with van der Waals surface area (Å²) in [7, 11) is 0. The molecule has 0 atom stereocenters. The minimum absolute atomic E-state index is 0.0897. The predicted molar refractivity (Wildman–Crippen MR) is 48.3 cm³/mol. The van der Waals surface area contributed by atoms with Crippen molar-refractivity contribution in [3.63, 3.8) is 0 Å². The zero-order valence-corrected chi connectivity index (χ0v) is 7.95. The summed E-state index contributed by atoms with van der Waals surface area (Å²) in [6.45, 7) is 0. The number of nitrogen functional groups attached to an aromatic ring is 1. The van der Waals surface area contributed by atoms with Gasteiger partial charge in [-0.05, 0) is 16.7 Å². The largest absolute Gasteiger partial charge is 0.424 e. The van der Waals surface area contributed by atoms with Crippen molar-refractivity contribution in [3.8, 4) is 11.5 Å². The van der Waals surface area contributed by atoms with Crippen molar-refractivity contribution in [2.24, 2.45) is 0 Å². The second kappa shape index (κ2) is 4.31. The molecule has 66 valence electrons. The summed E-state index contributed by atoms with van der Waals surface area (Å²) in [6.07, 6.45) is 0. The Labute approximate surface area is 81.9 Å². The molecule has 0 spiro atoms. The fourth-order valence-corrected chi connectivity index (χ4v) is 1.05. The Morgan fingerprint density at radius 2 is 2.08 bits per heavy atom. The van der Waals surface area contributed by atoms with Gasteiger partial charge in [0.25, 0.3) is 0 Å². The van der Waals surface area contributed by atoms with Gasteiger partial charge in [-0.1, -0.05) is 0 Å². The maximum Gasteiger partial charge on any atom is 0.213 e. The number of nitrogens with two attached hydrogens (primary N) is 1. The Kier molecular flexibility index (Phi) is 3.35. The molecule has 0 aliphatic rings. The summed E-state index contributed by atoms with van der Waals surface area (Å²) in [5.74, 6) is 0.425. The van der Waals surface area contributed by atoms with E-state index < -0.39 is 0 Å². The molecule has 12 heavy (non-hydrogen) atoms. The summed E-state index contributed by atoms with van der Waals surface area (Å²) < 4.78 is 16.1. The van der Waals surface area contributed by atoms with Gasteiger partial charge in [-0.3, -0.25) is 0 Å². The first-order valence-electron chi connectivity index (χ1n) is 2.91. The second-order valence-electron chi connectivity index (χ2n) is 1.93. The summed E-state index contributed by atoms with van der Waals surface area (Å²) in [6, 6.07) is 4.52. The topological polar surface area (TPSA) is 53.7 Å². The molecule has 0 radical (unpaired) electrons. The molecule has 0 fully saturated rings. The van der Waals surface area contributed by atoms with Crippen LogP contribution in [-0.2, 0) is 5.09 Å². The fourth-order valence-electron chi connectivity index (χ4n) is 0.687. The van der Waals surface area contributed by atoms with Gasteiger partial charge >= 0.3 is 0 Å². The van der Waals surface area contributed by atoms with E-state index >= 15 is 0 Å². The number of hydrogen-bond donors (Lipinski definition) is 1. The average Bonchev–Trinajstić information content (AvgIpc) is 2.05. The van der Waals surface area contributed by atoms with Gasteiger partial charge in [0.2, 0.25) is 5.75 Å². The number of benzene rings is 1. The van der Waals surface area contributed by atoms with Crippen LogP contribution in [0.4, 0.5) is 10.2 Å². The van der Waals surface area contributed by atoms with Crippen molar-refractivity contribution in [1.82, 2.24) is 0 Å². The number of halogens is 2. The number of hydrogen-bond acceptors (Lipinski definition) is 4. The van der Waals surface area contributed by atoms with Gasteiger partial charge in [0.05, 0.1) is 0 Å². The van der Waals surface area contributed by atoms with E-state index in [1.54, 1.807) is 29.1 Å². The molecule has 0 heterocycles. The van der Waals surface area contributed by atoms with Crippen LogP contribution in [-0.4, -0.2) is 0 Å². The summed E-state index contributed by atoms with van der Waals surface area (Å²) in [5, 5.41) is 2.99. The van der Waals surface area contributed by atoms with E-state index in [0.717, 1.165) is 0 Å². The summed E-state index contributed by atoms with van der Waals surface area (Å²) in [5.41, 5.74) is 5.83. The van der Waals surface area contributed by atoms with Crippen molar-refractivity contribution in [2.75, 3.05) is 5.73 Å². The quantitative estimate of drug-likeness (QED) is 0.400. The van der Waals surface area contributed by atoms with Crippen molar-refractivity contribution in [3.05, 3.63) is 18.2 Å². The fraction of sp³-hybridized carbons (Fsp3) is 0. The Morgan fingerprint density at radius 1 is 1.33 bits per heavy atom. The van der Waals surface area contributed by atoms with E-state index in [-0.39, 0.29) is 5.75 Å². The van der Waals surface area contributed by atoms with Gasteiger partial charge in [0, 0.05) is 16.8 Å². The predicted octanol–water partition coefficient (Wildman–Crippen LogP) is 2.19. The van der Waals surface area contributed by atoms with Crippen molar-refractivity contribution in [2.45, 2.75) is 0 Å². The molecule has 0 saturated carbocycles. The molecule has 0 unspecified atom stereocenters. The van der Waals surface area contributed by atoms with Crippen molar-refractivity contribution in [1.29, 1.82) is 0 Å². The molecule has 0 saturated heterocycles. The van der Waals surface area contributed by atoms with Crippen LogP contribution in [0.2, 0.25) is 0 Å². The smallest absolute Gasteiger partial charge is 0.213 e. The first-order chi connectivity index (χ1) is 5.77. The van der Waals surface area contributed by atoms with Gasteiger partial charge in [0.15, 0.2) is 28.8 Å². The van der Waals surface area contributed by atoms with Gasteiger partial charge in [-0.25, -0.2) is 0 Å². The van der Waals surface area contributed by atoms with E-state index in [2.05, 4.69) is 9.98 Å². The molecule has 0 aliphatic carbocycles. The van der Waals surface area contributed by atoms with Crippen LogP contribution in [0.25, 0.3) is 0 Å². The maximum atomic E-state index is 11.3. The highest BCUT2D eigenvalue weighted by Gasteiger charge is 2.06. The molecule has 6 heteroatoms. The Bertz CT molecular complexity index is 271. The number of rotatable bonds is 3. The maximum absolute atomic E-state index is 11.3. The highest BCUT2D eigenvalue weighted by molar-refractivity contribution is 14.1. The third-order valence-corrected chi connectivity index (χ3v) is 1.65. The first kappa shape index (κ1) is 9.33. The lowest BCUT2D eigenvalue weighted by Gasteiger charge is -2.03. The second-order valence-corrected chi connectivity index (χ2v) is 2.37. The van der Waals surface area contributed by atoms with Crippen LogP contribution in [0.1, 0.15) is 0 Å². The van der Waals surface area contributed by atoms with Gasteiger partial charge in [-0.15, -0.1) is 0 Å². The van der Waals surface area contributed by atoms with Gasteiger partial charge in [-0.2, -0.15) is 0 Å². The normalized spacial score (nSPS) is 9.50. The standard InChI is InChI=1S/C6H5FINO3/c7-12-11-6-3-4(9)1-2-5(6)10-8/h1-3H,9H2. The Hall–Kier alpha value is -0.760. The molecular formula is C6H5FINO3. The molecule has 1 aromatic carbocycles. The van der Waals surface area contributed by atoms with Crippen molar-refractivity contribution < 1.29 is 17.6 Å². The molecule has 0 amide bonds. The minimum Gasteiger partial charge on any atom is -0.424 e. The van der Waals surface area contributed by atoms with Crippen LogP contribution >= 0.6 is 23.0 Å². The molecular weight excluding hydrogens is 280 g/mol. The summed E-state index contributed by atoms with van der Waals surface area (Å²) >= 11 is 1.63. The van der Waals surface area contributed by atoms with E-state index in [1.807, 2.05) is 0 Å². The molecule has 0 aromatic heterocycles. The third kappa shape index (κ3) is 2.11. The first-order valence-corrected chi connectivity index (χ1v) is 3.79. The monoisotopic (exact) mass is 285 g/mol. The average molecular weight is 285 g/mol. The van der Waals surface area contributed by atoms with E-state index in [1.165, 1.54) is 12.1 Å². The lowest BCUT2D eigenvalue weighted by atomic mass is 10.3. The summed E-state index contributed by atoms with van der Waals surface area (Å²) in [4.78, 5) is 4.13. The Morgan fingerprint density at radius 3 is 2.67 bits per heavy atom. The minimum atomic E-state index is 0.0897. The van der Waals surface area contributed by atoms with Crippen LogP contribution < -0.4 is 13.7 Å². The van der Waals surface area contributed by atoms with Crippen LogP contribution in [0.3, 0.4) is 0 Å². The van der Waals surface area contributed by atoms with Crippen LogP contribution in [0.5, 0.6) is 11.5 Å². The van der Waals surface area contributed by atoms with E-state index in [0.29, 0.717) is 11.4 Å². The number of anilines is 1. The highest BCUT2D eigenvalue weighted by atomic mass is 127. The highest BCUT2D eigenvalue weighted by Crippen LogP contribution is 2.30. The zero-order valence-electron chi connectivity index (χ0n) is 5.79. The molecule has 1 rings (SSSR count). The molecule has 2 N–H and O–H groups in total. The van der Waals surface area contributed by atoms with Crippen molar-refractivity contribution >= 4 is 28.7 Å². The zero-order chi connectivity index (χ0) is 8.97. The lowest BCUT2D eigenvalue weighted by molar-refractivity contribution is -0.368. The SMILES string of the molecule is Nc1ccc(OI)c(OOF)c1. The third-order valence-electron chi connectivity index (χ3n) is 1.17. The molecule has 1 aromatic rings. The lowest BCUT2D eigenvalue weighted by Crippen LogP contribution is -1.92. The van der Waals surface area contributed by atoms with E-state index in [9.17, 15) is 4.53 Å². The molecule has 0 bridgehead atoms. The molecule has 4 nitrogen and oxygen atoms in total. The van der Waals surface area contributed by atoms with E-state index in [4.69, 9.17) is 8.80 Å². The molecule has 0 aliphatic heterocycles. The van der Waals surface area contributed by atoms with Gasteiger partial charge in [0.1, 0.15) is 0 Å². The Balaban J connectivity index is 2.95. The van der Waals surface area contributed by atoms with Crippen LogP contribution in [0.15, 0.2) is 18.2 Å². The van der Waals surface area contributed by atoms with Crippen LogP contribution in [0, 0.1) is 0 Å². The van der Waals surface area contributed by atoms with Gasteiger partial charge < -0.3 is 13.7 Å².